The molecule has 3 amide bonds. The second kappa shape index (κ2) is 12.1. The molecular weight excluding hydrogens is 551 g/mol. The molecule has 1 aromatic heterocycles. The van der Waals surface area contributed by atoms with Crippen LogP contribution < -0.4 is 16.2 Å². The fourth-order valence-electron chi connectivity index (χ4n) is 5.68. The third-order valence-corrected chi connectivity index (χ3v) is 8.05. The molecule has 1 unspecified atom stereocenters. The predicted octanol–water partition coefficient (Wildman–Crippen LogP) is 2.83. The van der Waals surface area contributed by atoms with Crippen LogP contribution in [0, 0.1) is 5.82 Å². The van der Waals surface area contributed by atoms with Crippen molar-refractivity contribution in [3.8, 4) is 0 Å². The third kappa shape index (κ3) is 6.17. The van der Waals surface area contributed by atoms with Crippen molar-refractivity contribution >= 4 is 34.2 Å². The number of imide groups is 1. The topological polar surface area (TPSA) is 128 Å². The van der Waals surface area contributed by atoms with Gasteiger partial charge in [-0.2, -0.15) is 5.10 Å². The van der Waals surface area contributed by atoms with Crippen LogP contribution in [0.4, 0.5) is 10.1 Å². The van der Waals surface area contributed by atoms with E-state index in [9.17, 15) is 23.6 Å². The van der Waals surface area contributed by atoms with Gasteiger partial charge in [-0.1, -0.05) is 42.5 Å². The van der Waals surface area contributed by atoms with Crippen molar-refractivity contribution < 1.29 is 18.8 Å². The Bertz CT molecular complexity index is 1760. The molecule has 3 aromatic carbocycles. The smallest absolute Gasteiger partial charge is 0.272 e. The zero-order valence-corrected chi connectivity index (χ0v) is 23.4. The fraction of sp³-hybridized carbons (Fsp3) is 0.281. The molecule has 0 radical (unpaired) electrons. The number of carbonyl (C=O) groups excluding carboxylic acids is 3. The number of halogens is 1. The summed E-state index contributed by atoms with van der Waals surface area (Å²) in [7, 11) is 0. The number of piperidine rings is 1. The molecule has 2 fully saturated rings. The minimum Gasteiger partial charge on any atom is -0.373 e. The first-order valence-electron chi connectivity index (χ1n) is 14.3. The lowest BCUT2D eigenvalue weighted by molar-refractivity contribution is -0.133. The third-order valence-electron chi connectivity index (χ3n) is 8.05. The summed E-state index contributed by atoms with van der Waals surface area (Å²) < 4.78 is 14.9. The average Bonchev–Trinajstić information content (AvgIpc) is 3.02. The first-order chi connectivity index (χ1) is 20.9. The second-order valence-electron chi connectivity index (χ2n) is 10.9. The number of aromatic amines is 1. The van der Waals surface area contributed by atoms with Crippen molar-refractivity contribution in [1.82, 2.24) is 25.3 Å². The lowest BCUT2D eigenvalue weighted by atomic mass is 10.0. The fourth-order valence-corrected chi connectivity index (χ4v) is 5.68. The van der Waals surface area contributed by atoms with Gasteiger partial charge in [0.15, 0.2) is 0 Å². The second-order valence-corrected chi connectivity index (χ2v) is 10.9. The molecule has 220 valence electrons. The molecule has 0 saturated carbocycles. The van der Waals surface area contributed by atoms with E-state index in [4.69, 9.17) is 0 Å². The van der Waals surface area contributed by atoms with Gasteiger partial charge in [-0.15, -0.1) is 0 Å². The number of rotatable bonds is 7. The van der Waals surface area contributed by atoms with E-state index in [1.165, 1.54) is 6.07 Å². The average molecular weight is 583 g/mol. The van der Waals surface area contributed by atoms with Gasteiger partial charge in [0.2, 0.25) is 11.8 Å². The summed E-state index contributed by atoms with van der Waals surface area (Å²) in [6.45, 7) is 2.71. The summed E-state index contributed by atoms with van der Waals surface area (Å²) in [5.74, 6) is -1.52. The summed E-state index contributed by atoms with van der Waals surface area (Å²) >= 11 is 0. The standard InChI is InChI=1S/C32H31FN6O4/c33-25-10-9-20(18-28-22-6-2-3-7-23(22)30(41)37-36-28)17-24(25)32(43)39-15-13-38(14-16-39)19-21-5-1-4-8-26(21)34-27-11-12-29(40)35-31(27)42/h1-10,17,27,34H,11-16,18-19H2,(H,37,41)(H,35,40,42). The minimum absolute atomic E-state index is 0.0125. The van der Waals surface area contributed by atoms with Crippen molar-refractivity contribution in [3.05, 3.63) is 105 Å². The highest BCUT2D eigenvalue weighted by Crippen LogP contribution is 2.23. The summed E-state index contributed by atoms with van der Waals surface area (Å²) in [5, 5.41) is 13.6. The molecule has 1 atom stereocenters. The SMILES string of the molecule is O=C1CCC(Nc2ccccc2CN2CCN(C(=O)c3cc(Cc4n[nH]c(=O)c5ccccc45)ccc3F)CC2)C(=O)N1. The number of para-hydroxylation sites is 1. The van der Waals surface area contributed by atoms with Crippen LogP contribution in [0.25, 0.3) is 10.8 Å². The molecular formula is C32H31FN6O4. The summed E-state index contributed by atoms with van der Waals surface area (Å²) in [6.07, 6.45) is 1.07. The van der Waals surface area contributed by atoms with Crippen molar-refractivity contribution in [1.29, 1.82) is 0 Å². The number of fused-ring (bicyclic) bond motifs is 1. The summed E-state index contributed by atoms with van der Waals surface area (Å²) in [4.78, 5) is 53.2. The number of carbonyl (C=O) groups is 3. The van der Waals surface area contributed by atoms with Crippen LogP contribution in [-0.4, -0.2) is 69.9 Å². The molecule has 2 aliphatic heterocycles. The number of benzene rings is 3. The number of amides is 3. The van der Waals surface area contributed by atoms with Crippen LogP contribution in [0.5, 0.6) is 0 Å². The van der Waals surface area contributed by atoms with Crippen LogP contribution in [0.2, 0.25) is 0 Å². The quantitative estimate of drug-likeness (QED) is 0.286. The van der Waals surface area contributed by atoms with E-state index in [-0.39, 0.29) is 28.8 Å². The minimum atomic E-state index is -0.580. The molecule has 43 heavy (non-hydrogen) atoms. The maximum Gasteiger partial charge on any atom is 0.272 e. The van der Waals surface area contributed by atoms with Gasteiger partial charge in [0.05, 0.1) is 16.6 Å². The Labute approximate surface area is 246 Å². The Morgan fingerprint density at radius 1 is 0.953 bits per heavy atom. The predicted molar refractivity (Wildman–Crippen MR) is 159 cm³/mol. The van der Waals surface area contributed by atoms with Crippen molar-refractivity contribution in [2.45, 2.75) is 31.8 Å². The Hall–Kier alpha value is -4.90. The normalized spacial score (nSPS) is 17.6. The van der Waals surface area contributed by atoms with Crippen LogP contribution in [-0.2, 0) is 22.6 Å². The number of nitrogens with one attached hydrogen (secondary N) is 3. The molecule has 4 aromatic rings. The lowest BCUT2D eigenvalue weighted by Crippen LogP contribution is -2.49. The van der Waals surface area contributed by atoms with E-state index in [1.54, 1.807) is 29.2 Å². The Morgan fingerprint density at radius 3 is 2.49 bits per heavy atom. The van der Waals surface area contributed by atoms with Gasteiger partial charge >= 0.3 is 0 Å². The van der Waals surface area contributed by atoms with Crippen molar-refractivity contribution in [2.75, 3.05) is 31.5 Å². The van der Waals surface area contributed by atoms with Gasteiger partial charge < -0.3 is 10.2 Å². The highest BCUT2D eigenvalue weighted by Gasteiger charge is 2.28. The van der Waals surface area contributed by atoms with E-state index < -0.39 is 11.9 Å². The van der Waals surface area contributed by atoms with Crippen LogP contribution >= 0.6 is 0 Å². The molecule has 2 saturated heterocycles. The zero-order chi connectivity index (χ0) is 29.9. The number of hydrogen-bond donors (Lipinski definition) is 3. The van der Waals surface area contributed by atoms with Crippen LogP contribution in [0.3, 0.4) is 0 Å². The number of aromatic nitrogens is 2. The molecule has 6 rings (SSSR count). The van der Waals surface area contributed by atoms with E-state index in [0.29, 0.717) is 74.0 Å². The molecule has 11 heteroatoms. The Kier molecular flexibility index (Phi) is 7.97. The van der Waals surface area contributed by atoms with Gasteiger partial charge in [-0.3, -0.25) is 29.4 Å². The van der Waals surface area contributed by atoms with E-state index >= 15 is 0 Å². The summed E-state index contributed by atoms with van der Waals surface area (Å²) in [5.41, 5.74) is 2.93. The molecule has 3 heterocycles. The van der Waals surface area contributed by atoms with E-state index in [1.807, 2.05) is 36.4 Å². The van der Waals surface area contributed by atoms with Gasteiger partial charge in [-0.05, 0) is 41.8 Å². The molecule has 0 bridgehead atoms. The number of hydrogen-bond acceptors (Lipinski definition) is 7. The lowest BCUT2D eigenvalue weighted by Gasteiger charge is -2.35. The summed E-state index contributed by atoms with van der Waals surface area (Å²) in [6, 6.07) is 18.9. The highest BCUT2D eigenvalue weighted by atomic mass is 19.1. The van der Waals surface area contributed by atoms with Crippen LogP contribution in [0.1, 0.15) is 40.0 Å². The van der Waals surface area contributed by atoms with Gasteiger partial charge in [0.1, 0.15) is 11.9 Å². The van der Waals surface area contributed by atoms with Gasteiger partial charge in [-0.25, -0.2) is 9.49 Å². The van der Waals surface area contributed by atoms with Crippen LogP contribution in [0.15, 0.2) is 71.5 Å². The van der Waals surface area contributed by atoms with Gasteiger partial charge in [0, 0.05) is 56.6 Å². The molecule has 10 nitrogen and oxygen atoms in total. The first kappa shape index (κ1) is 28.2. The number of piperazine rings is 1. The maximum atomic E-state index is 14.9. The van der Waals surface area contributed by atoms with E-state index in [2.05, 4.69) is 25.7 Å². The Morgan fingerprint density at radius 2 is 1.70 bits per heavy atom. The van der Waals surface area contributed by atoms with E-state index in [0.717, 1.165) is 11.3 Å². The largest absolute Gasteiger partial charge is 0.373 e. The van der Waals surface area contributed by atoms with Gasteiger partial charge in [0.25, 0.3) is 11.5 Å². The molecule has 0 aliphatic carbocycles. The first-order valence-corrected chi connectivity index (χ1v) is 14.3. The molecule has 0 spiro atoms. The number of nitrogens with zero attached hydrogens (tertiary/aromatic N) is 3. The Balaban J connectivity index is 1.10. The molecule has 2 aliphatic rings. The maximum absolute atomic E-state index is 14.9. The zero-order valence-electron chi connectivity index (χ0n) is 23.4. The molecule has 3 N–H and O–H groups in total. The number of anilines is 1. The highest BCUT2D eigenvalue weighted by molar-refractivity contribution is 6.01. The van der Waals surface area contributed by atoms with Crippen molar-refractivity contribution in [2.24, 2.45) is 0 Å². The van der Waals surface area contributed by atoms with Crippen molar-refractivity contribution in [3.63, 3.8) is 0 Å². The number of H-pyrrole nitrogens is 1. The monoisotopic (exact) mass is 582 g/mol.